The van der Waals surface area contributed by atoms with E-state index in [4.69, 9.17) is 0 Å². The summed E-state index contributed by atoms with van der Waals surface area (Å²) in [5.41, 5.74) is 21.6. The molecule has 0 fully saturated rings. The third-order valence-corrected chi connectivity index (χ3v) is 15.1. The van der Waals surface area contributed by atoms with Crippen LogP contribution in [0.3, 0.4) is 0 Å². The fourth-order valence-electron chi connectivity index (χ4n) is 10.9. The number of rotatable bonds is 6. The fraction of sp³-hybridized carbons (Fsp3) is 0.100. The third-order valence-electron chi connectivity index (χ3n) is 13.9. The van der Waals surface area contributed by atoms with Gasteiger partial charge in [-0.15, -0.1) is 11.3 Å². The van der Waals surface area contributed by atoms with E-state index >= 15 is 0 Å². The van der Waals surface area contributed by atoms with Gasteiger partial charge in [0.25, 0.3) is 0 Å². The highest BCUT2D eigenvalue weighted by atomic mass is 32.1. The van der Waals surface area contributed by atoms with Crippen LogP contribution in [0.15, 0.2) is 200 Å². The van der Waals surface area contributed by atoms with Gasteiger partial charge in [-0.05, 0) is 109 Å². The first-order valence-corrected chi connectivity index (χ1v) is 22.6. The van der Waals surface area contributed by atoms with Crippen molar-refractivity contribution < 1.29 is 0 Å². The molecule has 0 saturated carbocycles. The van der Waals surface area contributed by atoms with Crippen LogP contribution in [0, 0.1) is 0 Å². The van der Waals surface area contributed by atoms with Gasteiger partial charge in [0, 0.05) is 47.9 Å². The largest absolute Gasteiger partial charge is 0.310 e. The molecule has 62 heavy (non-hydrogen) atoms. The highest BCUT2D eigenvalue weighted by Crippen LogP contribution is 2.55. The minimum absolute atomic E-state index is 0.0902. The van der Waals surface area contributed by atoms with Crippen molar-refractivity contribution in [2.45, 2.75) is 38.5 Å². The summed E-state index contributed by atoms with van der Waals surface area (Å²) in [5.74, 6) is 0. The van der Waals surface area contributed by atoms with E-state index in [-0.39, 0.29) is 10.8 Å². The number of fused-ring (bicyclic) bond motifs is 9. The summed E-state index contributed by atoms with van der Waals surface area (Å²) >= 11 is 1.88. The minimum Gasteiger partial charge on any atom is -0.310 e. The molecular formula is C60H45NS. The molecule has 12 rings (SSSR count). The number of benzene rings is 9. The Morgan fingerprint density at radius 1 is 0.355 bits per heavy atom. The standard InChI is InChI=1S/C60H45NS/c1-59(2)52-26-10-6-19-50(52)56-47(22-15-27-53(56)59)45-17-7-11-28-54(45)61(41-36-32-39(33-37-41)43-21-14-24-49-46-18-8-12-29-55(46)62-58(43)49)40-34-30-38(31-35-40)42-20-13-23-48-44-16-5-9-25-51(44)60(3,4)57(42)48/h5-37H,1-4H3. The lowest BCUT2D eigenvalue weighted by Crippen LogP contribution is -2.16. The molecule has 0 bridgehead atoms. The molecule has 2 aliphatic rings. The van der Waals surface area contributed by atoms with Gasteiger partial charge in [0.1, 0.15) is 0 Å². The lowest BCUT2D eigenvalue weighted by molar-refractivity contribution is 0.660. The predicted octanol–water partition coefficient (Wildman–Crippen LogP) is 17.1. The zero-order valence-corrected chi connectivity index (χ0v) is 36.2. The van der Waals surface area contributed by atoms with Crippen molar-refractivity contribution in [1.82, 2.24) is 0 Å². The van der Waals surface area contributed by atoms with Crippen LogP contribution in [0.2, 0.25) is 0 Å². The van der Waals surface area contributed by atoms with Gasteiger partial charge < -0.3 is 4.90 Å². The average molecular weight is 812 g/mol. The van der Waals surface area contributed by atoms with Crippen LogP contribution in [-0.2, 0) is 10.8 Å². The monoisotopic (exact) mass is 811 g/mol. The summed E-state index contributed by atoms with van der Waals surface area (Å²) in [7, 11) is 0. The van der Waals surface area contributed by atoms with Crippen molar-refractivity contribution in [3.05, 3.63) is 222 Å². The maximum absolute atomic E-state index is 2.46. The van der Waals surface area contributed by atoms with Crippen molar-refractivity contribution in [2.75, 3.05) is 4.90 Å². The summed E-state index contributed by atoms with van der Waals surface area (Å²) < 4.78 is 2.66. The van der Waals surface area contributed by atoms with Gasteiger partial charge in [0.05, 0.1) is 5.69 Å². The van der Waals surface area contributed by atoms with Gasteiger partial charge >= 0.3 is 0 Å². The number of para-hydroxylation sites is 1. The van der Waals surface area contributed by atoms with Crippen molar-refractivity contribution in [1.29, 1.82) is 0 Å². The van der Waals surface area contributed by atoms with Crippen LogP contribution in [0.5, 0.6) is 0 Å². The molecule has 1 aromatic heterocycles. The Balaban J connectivity index is 1.02. The maximum Gasteiger partial charge on any atom is 0.0540 e. The summed E-state index contributed by atoms with van der Waals surface area (Å²) in [4.78, 5) is 2.46. The fourth-order valence-corrected chi connectivity index (χ4v) is 12.2. The normalized spacial score (nSPS) is 14.1. The van der Waals surface area contributed by atoms with Crippen LogP contribution in [0.1, 0.15) is 49.9 Å². The van der Waals surface area contributed by atoms with Crippen LogP contribution >= 0.6 is 11.3 Å². The molecule has 0 atom stereocenters. The smallest absolute Gasteiger partial charge is 0.0540 e. The minimum atomic E-state index is -0.1000. The molecule has 0 spiro atoms. The first kappa shape index (κ1) is 36.8. The molecule has 10 aromatic rings. The Kier molecular flexibility index (Phi) is 8.17. The first-order valence-electron chi connectivity index (χ1n) is 21.8. The molecule has 1 heterocycles. The second kappa shape index (κ2) is 13.8. The van der Waals surface area contributed by atoms with Gasteiger partial charge in [-0.3, -0.25) is 0 Å². The highest BCUT2D eigenvalue weighted by molar-refractivity contribution is 7.26. The van der Waals surface area contributed by atoms with Crippen molar-refractivity contribution in [3.63, 3.8) is 0 Å². The SMILES string of the molecule is CC1(C)c2ccccc2-c2c(-c3ccccc3N(c3ccc(-c4cccc5c4C(C)(C)c4ccccc4-5)cc3)c3ccc(-c4cccc5c4sc4ccccc45)cc3)cccc21. The molecule has 0 amide bonds. The second-order valence-corrected chi connectivity index (χ2v) is 19.1. The number of hydrogen-bond acceptors (Lipinski definition) is 2. The third kappa shape index (κ3) is 5.39. The zero-order valence-electron chi connectivity index (χ0n) is 35.4. The van der Waals surface area contributed by atoms with Crippen LogP contribution in [0.4, 0.5) is 17.1 Å². The van der Waals surface area contributed by atoms with Crippen LogP contribution in [-0.4, -0.2) is 0 Å². The number of thiophene rings is 1. The quantitative estimate of drug-likeness (QED) is 0.162. The van der Waals surface area contributed by atoms with E-state index in [9.17, 15) is 0 Å². The van der Waals surface area contributed by atoms with Crippen molar-refractivity contribution in [3.8, 4) is 55.6 Å². The molecular weight excluding hydrogens is 767 g/mol. The predicted molar refractivity (Wildman–Crippen MR) is 265 cm³/mol. The second-order valence-electron chi connectivity index (χ2n) is 18.0. The van der Waals surface area contributed by atoms with Crippen LogP contribution < -0.4 is 4.90 Å². The summed E-state index contributed by atoms with van der Waals surface area (Å²) in [5, 5.41) is 2.64. The Morgan fingerprint density at radius 3 is 1.61 bits per heavy atom. The lowest BCUT2D eigenvalue weighted by Gasteiger charge is -2.29. The number of nitrogens with zero attached hydrogens (tertiary/aromatic N) is 1. The van der Waals surface area contributed by atoms with Gasteiger partial charge in [-0.2, -0.15) is 0 Å². The average Bonchev–Trinajstić information content (AvgIpc) is 3.90. The van der Waals surface area contributed by atoms with E-state index in [1.165, 1.54) is 98.1 Å². The molecule has 1 nitrogen and oxygen atoms in total. The van der Waals surface area contributed by atoms with Crippen molar-refractivity contribution >= 4 is 48.6 Å². The maximum atomic E-state index is 2.46. The molecule has 2 aliphatic carbocycles. The molecule has 296 valence electrons. The first-order chi connectivity index (χ1) is 30.3. The van der Waals surface area contributed by atoms with E-state index in [0.29, 0.717) is 0 Å². The molecule has 0 radical (unpaired) electrons. The molecule has 9 aromatic carbocycles. The Bertz CT molecular complexity index is 3400. The van der Waals surface area contributed by atoms with Gasteiger partial charge in [0.2, 0.25) is 0 Å². The van der Waals surface area contributed by atoms with E-state index in [2.05, 4.69) is 233 Å². The highest BCUT2D eigenvalue weighted by Gasteiger charge is 2.38. The van der Waals surface area contributed by atoms with E-state index in [1.807, 2.05) is 11.3 Å². The zero-order chi connectivity index (χ0) is 41.7. The Labute approximate surface area is 368 Å². The van der Waals surface area contributed by atoms with Gasteiger partial charge in [-0.25, -0.2) is 0 Å². The summed E-state index contributed by atoms with van der Waals surface area (Å²) in [6, 6.07) is 74.6. The molecule has 0 saturated heterocycles. The Hall–Kier alpha value is -7.00. The molecule has 0 aliphatic heterocycles. The topological polar surface area (TPSA) is 3.24 Å². The summed E-state index contributed by atoms with van der Waals surface area (Å²) in [6.07, 6.45) is 0. The van der Waals surface area contributed by atoms with Gasteiger partial charge in [-0.1, -0.05) is 191 Å². The van der Waals surface area contributed by atoms with Crippen molar-refractivity contribution in [2.24, 2.45) is 0 Å². The number of hydrogen-bond donors (Lipinski definition) is 0. The molecule has 0 unspecified atom stereocenters. The van der Waals surface area contributed by atoms with Crippen LogP contribution in [0.25, 0.3) is 75.8 Å². The number of anilines is 3. The Morgan fingerprint density at radius 2 is 0.855 bits per heavy atom. The van der Waals surface area contributed by atoms with E-state index < -0.39 is 0 Å². The van der Waals surface area contributed by atoms with E-state index in [1.54, 1.807) is 0 Å². The van der Waals surface area contributed by atoms with Gasteiger partial charge in [0.15, 0.2) is 0 Å². The van der Waals surface area contributed by atoms with E-state index in [0.717, 1.165) is 17.1 Å². The summed E-state index contributed by atoms with van der Waals surface area (Å²) in [6.45, 7) is 9.48. The lowest BCUT2D eigenvalue weighted by atomic mass is 9.79. The molecule has 0 N–H and O–H groups in total. The molecule has 2 heteroatoms.